The molecular weight excluding hydrogens is 264 g/mol. The lowest BCUT2D eigenvalue weighted by Crippen LogP contribution is -2.43. The molecular formula is C17H24N2O2. The van der Waals surface area contributed by atoms with Gasteiger partial charge >= 0.3 is 0 Å². The minimum atomic E-state index is 0.00656. The molecule has 0 radical (unpaired) electrons. The molecule has 21 heavy (non-hydrogen) atoms. The highest BCUT2D eigenvalue weighted by molar-refractivity contribution is 5.82. The van der Waals surface area contributed by atoms with Crippen molar-refractivity contribution in [3.63, 3.8) is 0 Å². The van der Waals surface area contributed by atoms with E-state index in [9.17, 15) is 4.79 Å². The number of carbonyl (C=O) groups excluding carboxylic acids is 1. The normalized spacial score (nSPS) is 27.6. The van der Waals surface area contributed by atoms with Gasteiger partial charge in [-0.1, -0.05) is 30.7 Å². The van der Waals surface area contributed by atoms with Crippen molar-refractivity contribution in [2.45, 2.75) is 38.5 Å². The smallest absolute Gasteiger partial charge is 0.237 e. The fourth-order valence-electron chi connectivity index (χ4n) is 3.79. The molecule has 0 aromatic heterocycles. The maximum Gasteiger partial charge on any atom is 0.237 e. The number of benzene rings is 1. The highest BCUT2D eigenvalue weighted by Crippen LogP contribution is 2.37. The number of nitrogens with one attached hydrogen (secondary N) is 2. The molecule has 1 amide bonds. The van der Waals surface area contributed by atoms with E-state index in [-0.39, 0.29) is 11.9 Å². The van der Waals surface area contributed by atoms with Crippen LogP contribution in [0.3, 0.4) is 0 Å². The molecule has 3 atom stereocenters. The Morgan fingerprint density at radius 2 is 2.14 bits per heavy atom. The Hall–Kier alpha value is -1.39. The van der Waals surface area contributed by atoms with Crippen LogP contribution in [0.1, 0.15) is 30.4 Å². The van der Waals surface area contributed by atoms with Crippen LogP contribution in [0.15, 0.2) is 24.3 Å². The van der Waals surface area contributed by atoms with Gasteiger partial charge in [-0.05, 0) is 42.3 Å². The van der Waals surface area contributed by atoms with Gasteiger partial charge in [-0.15, -0.1) is 0 Å². The van der Waals surface area contributed by atoms with Crippen molar-refractivity contribution >= 4 is 5.91 Å². The molecule has 4 heteroatoms. The highest BCUT2D eigenvalue weighted by Gasteiger charge is 2.42. The van der Waals surface area contributed by atoms with Crippen LogP contribution in [0.25, 0.3) is 0 Å². The van der Waals surface area contributed by atoms with E-state index in [1.165, 1.54) is 19.3 Å². The van der Waals surface area contributed by atoms with Crippen LogP contribution in [0, 0.1) is 11.8 Å². The Morgan fingerprint density at radius 3 is 2.95 bits per heavy atom. The summed E-state index contributed by atoms with van der Waals surface area (Å²) in [5.74, 6) is 1.40. The van der Waals surface area contributed by atoms with Crippen molar-refractivity contribution < 1.29 is 9.53 Å². The monoisotopic (exact) mass is 288 g/mol. The number of rotatable bonds is 5. The minimum Gasteiger partial charge on any atom is -0.380 e. The summed E-state index contributed by atoms with van der Waals surface area (Å²) >= 11 is 0. The quantitative estimate of drug-likeness (QED) is 0.869. The summed E-state index contributed by atoms with van der Waals surface area (Å²) in [5, 5.41) is 6.49. The molecule has 1 aromatic carbocycles. The van der Waals surface area contributed by atoms with Crippen molar-refractivity contribution in [2.75, 3.05) is 13.7 Å². The van der Waals surface area contributed by atoms with Crippen LogP contribution >= 0.6 is 0 Å². The molecule has 0 bridgehead atoms. The fraction of sp³-hybridized carbons (Fsp3) is 0.588. The molecule has 3 unspecified atom stereocenters. The molecule has 114 valence electrons. The average molecular weight is 288 g/mol. The number of ether oxygens (including phenoxy) is 1. The Labute approximate surface area is 126 Å². The zero-order chi connectivity index (χ0) is 14.7. The van der Waals surface area contributed by atoms with Crippen molar-refractivity contribution in [1.82, 2.24) is 10.6 Å². The second kappa shape index (κ2) is 6.58. The number of amides is 1. The summed E-state index contributed by atoms with van der Waals surface area (Å²) in [6.45, 7) is 2.16. The Balaban J connectivity index is 1.59. The van der Waals surface area contributed by atoms with Gasteiger partial charge < -0.3 is 15.4 Å². The number of carbonyl (C=O) groups is 1. The summed E-state index contributed by atoms with van der Waals surface area (Å²) in [6, 6.07) is 8.11. The molecule has 1 heterocycles. The lowest BCUT2D eigenvalue weighted by Gasteiger charge is -2.18. The summed E-state index contributed by atoms with van der Waals surface area (Å²) in [5.41, 5.74) is 2.27. The first kappa shape index (κ1) is 14.5. The SMILES string of the molecule is COCc1ccccc1CNC(=O)C1NCC2CCCC21. The number of methoxy groups -OCH3 is 1. The van der Waals surface area contributed by atoms with E-state index in [1.807, 2.05) is 18.2 Å². The second-order valence-corrected chi connectivity index (χ2v) is 6.16. The third kappa shape index (κ3) is 3.11. The minimum absolute atomic E-state index is 0.00656. The van der Waals surface area contributed by atoms with Crippen LogP contribution in [0.5, 0.6) is 0 Å². The highest BCUT2D eigenvalue weighted by atomic mass is 16.5. The topological polar surface area (TPSA) is 50.4 Å². The summed E-state index contributed by atoms with van der Waals surface area (Å²) in [6.07, 6.45) is 3.74. The third-order valence-electron chi connectivity index (χ3n) is 4.90. The van der Waals surface area contributed by atoms with E-state index < -0.39 is 0 Å². The lowest BCUT2D eigenvalue weighted by atomic mass is 9.93. The van der Waals surface area contributed by atoms with Crippen molar-refractivity contribution in [1.29, 1.82) is 0 Å². The first-order valence-electron chi connectivity index (χ1n) is 7.86. The predicted octanol–water partition coefficient (Wildman–Crippen LogP) is 1.84. The van der Waals surface area contributed by atoms with Crippen LogP contribution in [0.4, 0.5) is 0 Å². The van der Waals surface area contributed by atoms with E-state index >= 15 is 0 Å². The molecule has 0 spiro atoms. The van der Waals surface area contributed by atoms with E-state index in [2.05, 4.69) is 16.7 Å². The molecule has 3 rings (SSSR count). The summed E-state index contributed by atoms with van der Waals surface area (Å²) in [7, 11) is 1.69. The molecule has 2 fully saturated rings. The molecule has 4 nitrogen and oxygen atoms in total. The average Bonchev–Trinajstić information content (AvgIpc) is 3.09. The van der Waals surface area contributed by atoms with E-state index in [1.54, 1.807) is 7.11 Å². The maximum absolute atomic E-state index is 12.4. The van der Waals surface area contributed by atoms with Crippen LogP contribution in [-0.4, -0.2) is 25.6 Å². The van der Waals surface area contributed by atoms with Crippen molar-refractivity contribution in [3.8, 4) is 0 Å². The second-order valence-electron chi connectivity index (χ2n) is 6.16. The predicted molar refractivity (Wildman–Crippen MR) is 81.6 cm³/mol. The van der Waals surface area contributed by atoms with Crippen molar-refractivity contribution in [3.05, 3.63) is 35.4 Å². The molecule has 1 aromatic rings. The van der Waals surface area contributed by atoms with Gasteiger partial charge in [0.2, 0.25) is 5.91 Å². The van der Waals surface area contributed by atoms with Crippen molar-refractivity contribution in [2.24, 2.45) is 11.8 Å². The largest absolute Gasteiger partial charge is 0.380 e. The zero-order valence-electron chi connectivity index (χ0n) is 12.6. The zero-order valence-corrected chi connectivity index (χ0v) is 12.6. The Kier molecular flexibility index (Phi) is 4.56. The van der Waals surface area contributed by atoms with Gasteiger partial charge in [0.05, 0.1) is 12.6 Å². The Morgan fingerprint density at radius 1 is 1.33 bits per heavy atom. The number of fused-ring (bicyclic) bond motifs is 1. The number of hydrogen-bond acceptors (Lipinski definition) is 3. The lowest BCUT2D eigenvalue weighted by molar-refractivity contribution is -0.123. The molecule has 2 N–H and O–H groups in total. The molecule has 1 aliphatic carbocycles. The standard InChI is InChI=1S/C17H24N2O2/c1-21-11-14-6-3-2-5-12(14)9-19-17(20)16-15-8-4-7-13(15)10-18-16/h2-3,5-6,13,15-16,18H,4,7-11H2,1H3,(H,19,20). The Bertz CT molecular complexity index is 503. The summed E-state index contributed by atoms with van der Waals surface area (Å²) in [4.78, 5) is 12.4. The first-order valence-corrected chi connectivity index (χ1v) is 7.86. The fourth-order valence-corrected chi connectivity index (χ4v) is 3.79. The molecule has 2 aliphatic rings. The van der Waals surface area contributed by atoms with Crippen LogP contribution in [-0.2, 0) is 22.7 Å². The van der Waals surface area contributed by atoms with Gasteiger partial charge in [0.1, 0.15) is 0 Å². The number of hydrogen-bond donors (Lipinski definition) is 2. The van der Waals surface area contributed by atoms with Crippen LogP contribution in [0.2, 0.25) is 0 Å². The summed E-state index contributed by atoms with van der Waals surface area (Å²) < 4.78 is 5.21. The van der Waals surface area contributed by atoms with E-state index in [4.69, 9.17) is 4.74 Å². The third-order valence-corrected chi connectivity index (χ3v) is 4.90. The van der Waals surface area contributed by atoms with Gasteiger partial charge in [-0.2, -0.15) is 0 Å². The molecule has 1 aliphatic heterocycles. The van der Waals surface area contributed by atoms with Gasteiger partial charge in [0, 0.05) is 13.7 Å². The van der Waals surface area contributed by atoms with Gasteiger partial charge in [0.15, 0.2) is 0 Å². The van der Waals surface area contributed by atoms with E-state index in [0.717, 1.165) is 17.7 Å². The van der Waals surface area contributed by atoms with Gasteiger partial charge in [-0.3, -0.25) is 4.79 Å². The van der Waals surface area contributed by atoms with Gasteiger partial charge in [-0.25, -0.2) is 0 Å². The first-order chi connectivity index (χ1) is 10.3. The molecule has 1 saturated carbocycles. The van der Waals surface area contributed by atoms with E-state index in [0.29, 0.717) is 25.0 Å². The maximum atomic E-state index is 12.4. The molecule has 1 saturated heterocycles. The van der Waals surface area contributed by atoms with Gasteiger partial charge in [0.25, 0.3) is 0 Å². The van der Waals surface area contributed by atoms with Crippen LogP contribution < -0.4 is 10.6 Å².